The van der Waals surface area contributed by atoms with E-state index in [-0.39, 0.29) is 12.5 Å². The van der Waals surface area contributed by atoms with Crippen molar-refractivity contribution < 1.29 is 18.8 Å². The highest BCUT2D eigenvalue weighted by atomic mass is 16.3. The highest BCUT2D eigenvalue weighted by molar-refractivity contribution is 6.10. The summed E-state index contributed by atoms with van der Waals surface area (Å²) in [5, 5.41) is 7.37. The normalized spacial score (nSPS) is 19.1. The Hall–Kier alpha value is -3.35. The molecule has 4 rings (SSSR count). The molecule has 2 heterocycles. The number of hydrogen-bond acceptors (Lipinski definition) is 4. The van der Waals surface area contributed by atoms with E-state index in [0.717, 1.165) is 33.3 Å². The second-order valence-corrected chi connectivity index (χ2v) is 8.44. The molecule has 30 heavy (non-hydrogen) atoms. The van der Waals surface area contributed by atoms with E-state index in [9.17, 15) is 14.4 Å². The van der Waals surface area contributed by atoms with Crippen molar-refractivity contribution in [3.8, 4) is 0 Å². The SMILES string of the molecule is CC(C)CC[C@]1(C)NC(=O)N(CC(=O)Nc2ccc3oc4ccccc4c3c2)C1=O. The van der Waals surface area contributed by atoms with E-state index in [1.54, 1.807) is 19.1 Å². The van der Waals surface area contributed by atoms with E-state index in [1.807, 2.05) is 30.3 Å². The molecular formula is C23H25N3O4. The molecule has 1 aliphatic heterocycles. The number of imide groups is 1. The lowest BCUT2D eigenvalue weighted by Crippen LogP contribution is -2.44. The standard InChI is InChI=1S/C23H25N3O4/c1-14(2)10-11-23(3)21(28)26(22(29)25-23)13-20(27)24-15-8-9-19-17(12-15)16-6-4-5-7-18(16)30-19/h4-9,12,14H,10-11,13H2,1-3H3,(H,24,27)(H,25,29)/t23-/m0/s1. The summed E-state index contributed by atoms with van der Waals surface area (Å²) in [6.45, 7) is 5.52. The molecular weight excluding hydrogens is 382 g/mol. The summed E-state index contributed by atoms with van der Waals surface area (Å²) in [7, 11) is 0. The van der Waals surface area contributed by atoms with Gasteiger partial charge in [0.2, 0.25) is 5.91 Å². The van der Waals surface area contributed by atoms with Crippen LogP contribution in [0.1, 0.15) is 33.6 Å². The number of anilines is 1. The Balaban J connectivity index is 1.47. The molecule has 7 nitrogen and oxygen atoms in total. The van der Waals surface area contributed by atoms with Crippen LogP contribution in [-0.2, 0) is 9.59 Å². The minimum atomic E-state index is -0.962. The third-order valence-electron chi connectivity index (χ3n) is 5.53. The molecule has 2 aromatic carbocycles. The lowest BCUT2D eigenvalue weighted by Gasteiger charge is -2.22. The molecule has 7 heteroatoms. The van der Waals surface area contributed by atoms with Crippen LogP contribution < -0.4 is 10.6 Å². The van der Waals surface area contributed by atoms with Gasteiger partial charge in [0.25, 0.3) is 5.91 Å². The largest absolute Gasteiger partial charge is 0.456 e. The summed E-state index contributed by atoms with van der Waals surface area (Å²) in [6.07, 6.45) is 1.35. The van der Waals surface area contributed by atoms with Crippen molar-refractivity contribution >= 4 is 45.5 Å². The number of hydrogen-bond donors (Lipinski definition) is 2. The fraction of sp³-hybridized carbons (Fsp3) is 0.348. The summed E-state index contributed by atoms with van der Waals surface area (Å²) in [5.41, 5.74) is 1.12. The Morgan fingerprint density at radius 2 is 1.87 bits per heavy atom. The van der Waals surface area contributed by atoms with E-state index in [0.29, 0.717) is 18.0 Å². The van der Waals surface area contributed by atoms with Crippen molar-refractivity contribution in [1.82, 2.24) is 10.2 Å². The van der Waals surface area contributed by atoms with Gasteiger partial charge < -0.3 is 15.1 Å². The van der Waals surface area contributed by atoms with Crippen molar-refractivity contribution in [3.05, 3.63) is 42.5 Å². The Bertz CT molecular complexity index is 1150. The fourth-order valence-corrected chi connectivity index (χ4v) is 3.79. The number of rotatable bonds is 6. The second kappa shape index (κ2) is 7.48. The van der Waals surface area contributed by atoms with Crippen molar-refractivity contribution in [3.63, 3.8) is 0 Å². The maximum absolute atomic E-state index is 12.8. The molecule has 156 valence electrons. The molecule has 1 fully saturated rings. The van der Waals surface area contributed by atoms with E-state index in [2.05, 4.69) is 24.5 Å². The smallest absolute Gasteiger partial charge is 0.325 e. The first-order valence-corrected chi connectivity index (χ1v) is 10.1. The highest BCUT2D eigenvalue weighted by Crippen LogP contribution is 2.30. The molecule has 3 aromatic rings. The van der Waals surface area contributed by atoms with Gasteiger partial charge in [-0.15, -0.1) is 0 Å². The number of carbonyl (C=O) groups excluding carboxylic acids is 3. The van der Waals surface area contributed by atoms with E-state index in [4.69, 9.17) is 4.42 Å². The lowest BCUT2D eigenvalue weighted by atomic mass is 9.92. The number of urea groups is 1. The number of nitrogens with one attached hydrogen (secondary N) is 2. The summed E-state index contributed by atoms with van der Waals surface area (Å²) in [5.74, 6) is -0.379. The van der Waals surface area contributed by atoms with Crippen LogP contribution in [-0.4, -0.2) is 34.8 Å². The lowest BCUT2D eigenvalue weighted by molar-refractivity contribution is -0.133. The summed E-state index contributed by atoms with van der Waals surface area (Å²) in [4.78, 5) is 38.6. The van der Waals surface area contributed by atoms with Crippen LogP contribution in [0.25, 0.3) is 21.9 Å². The highest BCUT2D eigenvalue weighted by Gasteiger charge is 2.47. The summed E-state index contributed by atoms with van der Waals surface area (Å²) < 4.78 is 5.79. The van der Waals surface area contributed by atoms with Crippen LogP contribution in [0.2, 0.25) is 0 Å². The van der Waals surface area contributed by atoms with Gasteiger partial charge in [0.15, 0.2) is 0 Å². The number of para-hydroxylation sites is 1. The summed E-state index contributed by atoms with van der Waals surface area (Å²) in [6, 6.07) is 12.5. The topological polar surface area (TPSA) is 91.7 Å². The average Bonchev–Trinajstić information content (AvgIpc) is 3.17. The number of fused-ring (bicyclic) bond motifs is 3. The molecule has 0 aliphatic carbocycles. The fourth-order valence-electron chi connectivity index (χ4n) is 3.79. The van der Waals surface area contributed by atoms with Crippen LogP contribution in [0.5, 0.6) is 0 Å². The first-order valence-electron chi connectivity index (χ1n) is 10.1. The molecule has 0 radical (unpaired) electrons. The van der Waals surface area contributed by atoms with E-state index < -0.39 is 17.5 Å². The van der Waals surface area contributed by atoms with Gasteiger partial charge in [-0.25, -0.2) is 4.79 Å². The van der Waals surface area contributed by atoms with Crippen LogP contribution in [0.3, 0.4) is 0 Å². The first kappa shape index (κ1) is 19.9. The first-order chi connectivity index (χ1) is 14.3. The monoisotopic (exact) mass is 407 g/mol. The third kappa shape index (κ3) is 3.63. The maximum Gasteiger partial charge on any atom is 0.325 e. The van der Waals surface area contributed by atoms with Crippen LogP contribution in [0, 0.1) is 5.92 Å². The second-order valence-electron chi connectivity index (χ2n) is 8.44. The number of furan rings is 1. The Morgan fingerprint density at radius 3 is 2.63 bits per heavy atom. The molecule has 0 bridgehead atoms. The molecule has 1 aromatic heterocycles. The Morgan fingerprint density at radius 1 is 1.13 bits per heavy atom. The molecule has 0 saturated carbocycles. The number of amides is 4. The molecule has 2 N–H and O–H groups in total. The van der Waals surface area contributed by atoms with E-state index in [1.165, 1.54) is 0 Å². The van der Waals surface area contributed by atoms with Crippen molar-refractivity contribution in [2.45, 2.75) is 39.2 Å². The summed E-state index contributed by atoms with van der Waals surface area (Å²) >= 11 is 0. The molecule has 0 unspecified atom stereocenters. The van der Waals surface area contributed by atoms with Gasteiger partial charge in [0, 0.05) is 16.5 Å². The zero-order valence-corrected chi connectivity index (χ0v) is 17.3. The maximum atomic E-state index is 12.8. The minimum Gasteiger partial charge on any atom is -0.456 e. The van der Waals surface area contributed by atoms with Gasteiger partial charge in [-0.2, -0.15) is 0 Å². The van der Waals surface area contributed by atoms with Crippen molar-refractivity contribution in [1.29, 1.82) is 0 Å². The number of carbonyl (C=O) groups is 3. The molecule has 1 saturated heterocycles. The van der Waals surface area contributed by atoms with Crippen molar-refractivity contribution in [2.24, 2.45) is 5.92 Å². The minimum absolute atomic E-state index is 0.327. The Kier molecular flexibility index (Phi) is 4.97. The van der Waals surface area contributed by atoms with Gasteiger partial charge >= 0.3 is 6.03 Å². The van der Waals surface area contributed by atoms with E-state index >= 15 is 0 Å². The Labute approximate surface area is 174 Å². The molecule has 0 spiro atoms. The third-order valence-corrected chi connectivity index (χ3v) is 5.53. The van der Waals surface area contributed by atoms with Crippen LogP contribution in [0.4, 0.5) is 10.5 Å². The van der Waals surface area contributed by atoms with Crippen LogP contribution in [0.15, 0.2) is 46.9 Å². The van der Waals surface area contributed by atoms with Gasteiger partial charge in [-0.05, 0) is 49.9 Å². The predicted molar refractivity (Wildman–Crippen MR) is 115 cm³/mol. The van der Waals surface area contributed by atoms with Gasteiger partial charge in [-0.3, -0.25) is 14.5 Å². The van der Waals surface area contributed by atoms with Gasteiger partial charge in [0.1, 0.15) is 23.2 Å². The van der Waals surface area contributed by atoms with Gasteiger partial charge in [0.05, 0.1) is 0 Å². The molecule has 1 aliphatic rings. The molecule has 1 atom stereocenters. The van der Waals surface area contributed by atoms with Gasteiger partial charge in [-0.1, -0.05) is 32.0 Å². The average molecular weight is 407 g/mol. The quantitative estimate of drug-likeness (QED) is 0.597. The number of nitrogens with zero attached hydrogens (tertiary/aromatic N) is 1. The molecule has 4 amide bonds. The van der Waals surface area contributed by atoms with Crippen LogP contribution >= 0.6 is 0 Å². The zero-order chi connectivity index (χ0) is 21.5. The number of benzene rings is 2. The zero-order valence-electron chi connectivity index (χ0n) is 17.3. The predicted octanol–water partition coefficient (Wildman–Crippen LogP) is 4.27. The van der Waals surface area contributed by atoms with Crippen molar-refractivity contribution in [2.75, 3.05) is 11.9 Å².